The molecule has 1 aliphatic rings. The van der Waals surface area contributed by atoms with Gasteiger partial charge in [-0.15, -0.1) is 0 Å². The second-order valence-electron chi connectivity index (χ2n) is 2.38. The molecule has 1 radical (unpaired) electrons. The van der Waals surface area contributed by atoms with Crippen LogP contribution in [0.2, 0.25) is 0 Å². The van der Waals surface area contributed by atoms with E-state index in [0.29, 0.717) is 0 Å². The van der Waals surface area contributed by atoms with Gasteiger partial charge in [0.2, 0.25) is 0 Å². The molecule has 3 rings (SSSR count). The average molecular weight is 286 g/mol. The Morgan fingerprint density at radius 3 is 2.00 bits per heavy atom. The van der Waals surface area contributed by atoms with Crippen LogP contribution in [0.3, 0.4) is 0 Å². The van der Waals surface area contributed by atoms with E-state index < -0.39 is 0 Å². The van der Waals surface area contributed by atoms with Crippen LogP contribution in [0.4, 0.5) is 0 Å². The van der Waals surface area contributed by atoms with Gasteiger partial charge in [0, 0.05) is 0 Å². The minimum absolute atomic E-state index is 0.152. The van der Waals surface area contributed by atoms with E-state index in [2.05, 4.69) is 22.9 Å². The first kappa shape index (κ1) is 6.70. The molecule has 0 fully saturated rings. The summed E-state index contributed by atoms with van der Waals surface area (Å²) < 4.78 is 3.35. The topological polar surface area (TPSA) is 0 Å². The van der Waals surface area contributed by atoms with Gasteiger partial charge in [-0.05, 0) is 0 Å². The van der Waals surface area contributed by atoms with Crippen molar-refractivity contribution in [2.24, 2.45) is 0 Å². The van der Waals surface area contributed by atoms with Crippen molar-refractivity contribution >= 4 is 51.3 Å². The van der Waals surface area contributed by atoms with Crippen LogP contribution in [-0.2, 0) is 0 Å². The van der Waals surface area contributed by atoms with Crippen molar-refractivity contribution in [1.82, 2.24) is 0 Å². The maximum atomic E-state index is 2.31. The third-order valence-electron chi connectivity index (χ3n) is 1.74. The summed E-state index contributed by atoms with van der Waals surface area (Å²) in [6.07, 6.45) is 0. The van der Waals surface area contributed by atoms with Crippen molar-refractivity contribution < 1.29 is 0 Å². The Balaban J connectivity index is 2.38. The van der Waals surface area contributed by atoms with E-state index >= 15 is 0 Å². The van der Waals surface area contributed by atoms with Gasteiger partial charge in [0.1, 0.15) is 0 Å². The normalized spacial score (nSPS) is 13.1. The predicted molar refractivity (Wildman–Crippen MR) is 52.7 cm³/mol. The Bertz CT molecular complexity index is 361. The molecule has 0 N–H and O–H groups in total. The van der Waals surface area contributed by atoms with Crippen LogP contribution in [-0.4, -0.2) is 21.6 Å². The van der Waals surface area contributed by atoms with E-state index in [9.17, 15) is 0 Å². The monoisotopic (exact) mass is 285 g/mol. The molecule has 0 spiro atoms. The fraction of sp³-hybridized carbons (Fsp3) is 0. The fourth-order valence-electron chi connectivity index (χ4n) is 1.25. The van der Waals surface area contributed by atoms with Crippen LogP contribution in [0.15, 0.2) is 22.9 Å². The van der Waals surface area contributed by atoms with Crippen molar-refractivity contribution in [1.29, 1.82) is 0 Å². The first-order valence-electron chi connectivity index (χ1n) is 3.32. The van der Waals surface area contributed by atoms with Crippen molar-refractivity contribution in [3.63, 3.8) is 0 Å². The molecule has 0 saturated carbocycles. The Labute approximate surface area is 83.4 Å². The molecule has 1 aliphatic heterocycles. The Kier molecular flexibility index (Phi) is 1.43. The molecule has 3 heterocycles. The zero-order chi connectivity index (χ0) is 7.26. The summed E-state index contributed by atoms with van der Waals surface area (Å²) in [7, 11) is 0. The molecule has 0 aliphatic carbocycles. The van der Waals surface area contributed by atoms with Crippen molar-refractivity contribution in [3.05, 3.63) is 22.9 Å². The van der Waals surface area contributed by atoms with E-state index in [-0.39, 0.29) is 21.6 Å². The first-order chi connectivity index (χ1) is 5.45. The van der Waals surface area contributed by atoms with Crippen LogP contribution >= 0.6 is 22.7 Å². The molecule has 0 bridgehead atoms. The standard InChI is InChI=1S/C8H4S2.Sb/c1-3-7(9-5-1)8-4-2-6-10-8;/h1-2,5-6H;. The van der Waals surface area contributed by atoms with Gasteiger partial charge in [-0.25, -0.2) is 0 Å². The summed E-state index contributed by atoms with van der Waals surface area (Å²) in [5, 5.41) is 4.45. The summed E-state index contributed by atoms with van der Waals surface area (Å²) >= 11 is 3.66. The van der Waals surface area contributed by atoms with Crippen molar-refractivity contribution in [3.8, 4) is 9.75 Å². The maximum absolute atomic E-state index is 2.31. The van der Waals surface area contributed by atoms with Gasteiger partial charge in [0.05, 0.1) is 0 Å². The van der Waals surface area contributed by atoms with E-state index in [0.717, 1.165) is 0 Å². The Morgan fingerprint density at radius 1 is 0.909 bits per heavy atom. The van der Waals surface area contributed by atoms with Gasteiger partial charge >= 0.3 is 84.0 Å². The van der Waals surface area contributed by atoms with E-state index in [1.165, 1.54) is 0 Å². The summed E-state index contributed by atoms with van der Waals surface area (Å²) in [5.41, 5.74) is 0. The molecular formula is C8H4S2Sb. The predicted octanol–water partition coefficient (Wildman–Crippen LogP) is 1.44. The molecule has 0 unspecified atom stereocenters. The zero-order valence-electron chi connectivity index (χ0n) is 5.57. The average Bonchev–Trinajstić information content (AvgIpc) is 2.52. The van der Waals surface area contributed by atoms with Crippen LogP contribution in [0.5, 0.6) is 0 Å². The number of rotatable bonds is 0. The number of thiophene rings is 2. The molecule has 0 nitrogen and oxygen atoms in total. The molecule has 0 atom stereocenters. The van der Waals surface area contributed by atoms with Crippen LogP contribution < -0.4 is 7.02 Å². The van der Waals surface area contributed by atoms with Crippen LogP contribution in [0.25, 0.3) is 9.75 Å². The summed E-state index contributed by atoms with van der Waals surface area (Å²) in [6.45, 7) is 0. The summed E-state index contributed by atoms with van der Waals surface area (Å²) in [4.78, 5) is 3.15. The zero-order valence-corrected chi connectivity index (χ0v) is 9.76. The molecule has 0 amide bonds. The van der Waals surface area contributed by atoms with Gasteiger partial charge < -0.3 is 0 Å². The molecule has 0 saturated heterocycles. The van der Waals surface area contributed by atoms with Gasteiger partial charge in [-0.1, -0.05) is 0 Å². The first-order valence-corrected chi connectivity index (χ1v) is 7.63. The summed E-state index contributed by atoms with van der Waals surface area (Å²) in [5.74, 6) is 0. The van der Waals surface area contributed by atoms with E-state index in [1.54, 1.807) is 16.8 Å². The molecule has 2 aromatic rings. The van der Waals surface area contributed by atoms with E-state index in [4.69, 9.17) is 0 Å². The number of fused-ring (bicyclic) bond motifs is 3. The van der Waals surface area contributed by atoms with Gasteiger partial charge in [-0.3, -0.25) is 0 Å². The van der Waals surface area contributed by atoms with Crippen molar-refractivity contribution in [2.75, 3.05) is 0 Å². The number of hydrogen-bond acceptors (Lipinski definition) is 2. The van der Waals surface area contributed by atoms with Gasteiger partial charge in [-0.2, -0.15) is 0 Å². The van der Waals surface area contributed by atoms with E-state index in [1.807, 2.05) is 22.7 Å². The SMILES string of the molecule is c1c[c]2c(s1)-c1scc[c]1[Sb]2. The second kappa shape index (κ2) is 2.35. The second-order valence-corrected chi connectivity index (χ2v) is 7.60. The van der Waals surface area contributed by atoms with Crippen molar-refractivity contribution in [2.45, 2.75) is 0 Å². The molecule has 53 valence electrons. The Hall–Kier alpha value is 0.218. The molecule has 2 aromatic heterocycles. The third kappa shape index (κ3) is 0.867. The Morgan fingerprint density at radius 2 is 1.45 bits per heavy atom. The van der Waals surface area contributed by atoms with Gasteiger partial charge in [0.25, 0.3) is 0 Å². The fourth-order valence-corrected chi connectivity index (χ4v) is 8.41. The third-order valence-corrected chi connectivity index (χ3v) is 8.13. The summed E-state index contributed by atoms with van der Waals surface area (Å²) in [6, 6.07) is 4.62. The number of hydrogen-bond donors (Lipinski definition) is 0. The molecule has 11 heavy (non-hydrogen) atoms. The molecular weight excluding hydrogens is 282 g/mol. The molecule has 3 heteroatoms. The van der Waals surface area contributed by atoms with Gasteiger partial charge in [0.15, 0.2) is 0 Å². The quantitative estimate of drug-likeness (QED) is 0.549. The van der Waals surface area contributed by atoms with Crippen LogP contribution in [0, 0.1) is 0 Å². The molecule has 0 aromatic carbocycles. The minimum atomic E-state index is -0.152. The van der Waals surface area contributed by atoms with Crippen LogP contribution in [0.1, 0.15) is 0 Å².